The van der Waals surface area contributed by atoms with Crippen LogP contribution in [-0.4, -0.2) is 27.4 Å². The van der Waals surface area contributed by atoms with Crippen molar-refractivity contribution in [3.63, 3.8) is 0 Å². The molecule has 2 heterocycles. The van der Waals surface area contributed by atoms with Crippen molar-refractivity contribution < 1.29 is 9.84 Å². The van der Waals surface area contributed by atoms with Crippen molar-refractivity contribution in [2.75, 3.05) is 7.11 Å². The normalized spacial score (nSPS) is 11.8. The van der Waals surface area contributed by atoms with Gasteiger partial charge in [0.2, 0.25) is 0 Å². The number of methoxy groups -OCH3 is 1. The van der Waals surface area contributed by atoms with E-state index in [9.17, 15) is 5.11 Å². The van der Waals surface area contributed by atoms with Gasteiger partial charge >= 0.3 is 0 Å². The van der Waals surface area contributed by atoms with Gasteiger partial charge in [-0.1, -0.05) is 30.3 Å². The van der Waals surface area contributed by atoms with Crippen LogP contribution in [0.4, 0.5) is 0 Å². The van der Waals surface area contributed by atoms with Crippen LogP contribution in [0.3, 0.4) is 0 Å². The first kappa shape index (κ1) is 17.8. The van der Waals surface area contributed by atoms with Crippen LogP contribution in [0, 0.1) is 0 Å². The van der Waals surface area contributed by atoms with Gasteiger partial charge in [-0.15, -0.1) is 0 Å². The van der Waals surface area contributed by atoms with Gasteiger partial charge in [0.15, 0.2) is 0 Å². The molecule has 0 spiro atoms. The Kier molecular flexibility index (Phi) is 5.08. The number of fused-ring (bicyclic) bond motifs is 1. The third kappa shape index (κ3) is 3.89. The van der Waals surface area contributed by atoms with Crippen LogP contribution in [0.25, 0.3) is 35.2 Å². The maximum absolute atomic E-state index is 9.24. The maximum Gasteiger partial charge on any atom is 0.126 e. The zero-order valence-corrected chi connectivity index (χ0v) is 15.5. The highest BCUT2D eigenvalue weighted by Crippen LogP contribution is 2.23. The van der Waals surface area contributed by atoms with E-state index in [1.165, 1.54) is 5.39 Å². The number of ether oxygens (including phenoxy) is 1. The lowest BCUT2D eigenvalue weighted by Crippen LogP contribution is -1.90. The second-order valence-corrected chi connectivity index (χ2v) is 6.47. The Morgan fingerprint density at radius 3 is 2.79 bits per heavy atom. The summed E-state index contributed by atoms with van der Waals surface area (Å²) >= 11 is 0. The SMILES string of the molecule is COc1cc(CO)ccc1/C=C/c1cc(/C=C/c2ccc3cc[nH]c3c2)[nH]n1. The van der Waals surface area contributed by atoms with Crippen LogP contribution in [0.5, 0.6) is 5.75 Å². The van der Waals surface area contributed by atoms with Crippen molar-refractivity contribution in [3.05, 3.63) is 82.8 Å². The number of nitrogens with zero attached hydrogens (tertiary/aromatic N) is 1. The smallest absolute Gasteiger partial charge is 0.126 e. The van der Waals surface area contributed by atoms with E-state index < -0.39 is 0 Å². The molecule has 0 amide bonds. The summed E-state index contributed by atoms with van der Waals surface area (Å²) in [6, 6.07) is 16.0. The van der Waals surface area contributed by atoms with E-state index in [4.69, 9.17) is 4.74 Å². The van der Waals surface area contributed by atoms with Gasteiger partial charge in [0.1, 0.15) is 5.75 Å². The lowest BCUT2D eigenvalue weighted by Gasteiger charge is -2.06. The van der Waals surface area contributed by atoms with Gasteiger partial charge < -0.3 is 14.8 Å². The summed E-state index contributed by atoms with van der Waals surface area (Å²) in [5.41, 5.74) is 5.74. The first-order valence-corrected chi connectivity index (χ1v) is 9.01. The molecule has 0 unspecified atom stereocenters. The summed E-state index contributed by atoms with van der Waals surface area (Å²) in [6.07, 6.45) is 9.87. The molecule has 0 aliphatic rings. The highest BCUT2D eigenvalue weighted by Gasteiger charge is 2.02. The van der Waals surface area contributed by atoms with Gasteiger partial charge in [0, 0.05) is 17.3 Å². The maximum atomic E-state index is 9.24. The lowest BCUT2D eigenvalue weighted by molar-refractivity contribution is 0.281. The van der Waals surface area contributed by atoms with Crippen molar-refractivity contribution in [2.45, 2.75) is 6.61 Å². The third-order valence-corrected chi connectivity index (χ3v) is 4.57. The van der Waals surface area contributed by atoms with E-state index >= 15 is 0 Å². The van der Waals surface area contributed by atoms with Crippen molar-refractivity contribution in [1.82, 2.24) is 15.2 Å². The van der Waals surface area contributed by atoms with Crippen molar-refractivity contribution >= 4 is 35.2 Å². The monoisotopic (exact) mass is 371 g/mol. The van der Waals surface area contributed by atoms with Gasteiger partial charge in [0.05, 0.1) is 25.1 Å². The number of aromatic amines is 2. The first-order valence-electron chi connectivity index (χ1n) is 9.01. The van der Waals surface area contributed by atoms with Crippen LogP contribution in [0.15, 0.2) is 54.7 Å². The van der Waals surface area contributed by atoms with E-state index in [0.717, 1.165) is 39.3 Å². The van der Waals surface area contributed by atoms with Crippen LogP contribution in [0.2, 0.25) is 0 Å². The summed E-state index contributed by atoms with van der Waals surface area (Å²) in [5, 5.41) is 17.8. The molecule has 0 atom stereocenters. The minimum absolute atomic E-state index is 0.00773. The first-order chi connectivity index (χ1) is 13.7. The van der Waals surface area contributed by atoms with Gasteiger partial charge in [-0.3, -0.25) is 5.10 Å². The molecule has 0 saturated carbocycles. The molecule has 5 nitrogen and oxygen atoms in total. The number of nitrogens with one attached hydrogen (secondary N) is 2. The van der Waals surface area contributed by atoms with Gasteiger partial charge in [-0.25, -0.2) is 0 Å². The second-order valence-electron chi connectivity index (χ2n) is 6.47. The summed E-state index contributed by atoms with van der Waals surface area (Å²) in [7, 11) is 1.62. The fourth-order valence-corrected chi connectivity index (χ4v) is 3.05. The van der Waals surface area contributed by atoms with Crippen LogP contribution >= 0.6 is 0 Å². The van der Waals surface area contributed by atoms with Gasteiger partial charge in [-0.2, -0.15) is 5.10 Å². The van der Waals surface area contributed by atoms with E-state index in [1.54, 1.807) is 7.11 Å². The highest BCUT2D eigenvalue weighted by molar-refractivity contribution is 5.83. The van der Waals surface area contributed by atoms with E-state index in [0.29, 0.717) is 0 Å². The predicted molar refractivity (Wildman–Crippen MR) is 114 cm³/mol. The van der Waals surface area contributed by atoms with Crippen LogP contribution < -0.4 is 4.74 Å². The number of aliphatic hydroxyl groups excluding tert-OH is 1. The molecule has 0 bridgehead atoms. The molecule has 3 N–H and O–H groups in total. The molecule has 4 rings (SSSR count). The summed E-state index contributed by atoms with van der Waals surface area (Å²) in [5.74, 6) is 0.721. The molecule has 4 aromatic rings. The quantitative estimate of drug-likeness (QED) is 0.459. The molecule has 140 valence electrons. The number of hydrogen-bond donors (Lipinski definition) is 3. The minimum Gasteiger partial charge on any atom is -0.496 e. The molecule has 5 heteroatoms. The average molecular weight is 371 g/mol. The molecule has 28 heavy (non-hydrogen) atoms. The Morgan fingerprint density at radius 1 is 1.00 bits per heavy atom. The molecule has 0 radical (unpaired) electrons. The highest BCUT2D eigenvalue weighted by atomic mass is 16.5. The summed E-state index contributed by atoms with van der Waals surface area (Å²) < 4.78 is 5.39. The minimum atomic E-state index is -0.00773. The van der Waals surface area contributed by atoms with Gasteiger partial charge in [0.25, 0.3) is 0 Å². The zero-order valence-electron chi connectivity index (χ0n) is 15.5. The molecule has 0 aliphatic heterocycles. The lowest BCUT2D eigenvalue weighted by atomic mass is 10.1. The summed E-state index contributed by atoms with van der Waals surface area (Å²) in [6.45, 7) is -0.00773. The number of aliphatic hydroxyl groups is 1. The van der Waals surface area contributed by atoms with Crippen molar-refractivity contribution in [1.29, 1.82) is 0 Å². The predicted octanol–water partition coefficient (Wildman–Crippen LogP) is 4.73. The molecule has 0 saturated heterocycles. The Morgan fingerprint density at radius 2 is 1.93 bits per heavy atom. The molecular formula is C23H21N3O2. The Bertz CT molecular complexity index is 1150. The Labute approximate surface area is 163 Å². The molecule has 2 aromatic carbocycles. The second kappa shape index (κ2) is 7.98. The third-order valence-electron chi connectivity index (χ3n) is 4.57. The number of hydrogen-bond acceptors (Lipinski definition) is 3. The van der Waals surface area contributed by atoms with Crippen LogP contribution in [-0.2, 0) is 6.61 Å². The topological polar surface area (TPSA) is 73.9 Å². The van der Waals surface area contributed by atoms with Crippen LogP contribution in [0.1, 0.15) is 28.1 Å². The van der Waals surface area contributed by atoms with E-state index in [2.05, 4.69) is 45.5 Å². The van der Waals surface area contributed by atoms with Crippen molar-refractivity contribution in [3.8, 4) is 5.75 Å². The molecular weight excluding hydrogens is 350 g/mol. The zero-order chi connectivity index (χ0) is 19.3. The summed E-state index contributed by atoms with van der Waals surface area (Å²) in [4.78, 5) is 3.22. The molecule has 0 fully saturated rings. The molecule has 2 aromatic heterocycles. The fraction of sp³-hybridized carbons (Fsp3) is 0.0870. The number of rotatable bonds is 6. The number of benzene rings is 2. The number of H-pyrrole nitrogens is 2. The van der Waals surface area contributed by atoms with Gasteiger partial charge in [-0.05, 0) is 59.0 Å². The largest absolute Gasteiger partial charge is 0.496 e. The standard InChI is InChI=1S/C23H21N3O2/c1-28-23-13-17(15-27)3-6-19(23)7-9-21-14-20(25-26-21)8-4-16-2-5-18-10-11-24-22(18)12-16/h2-14,24,27H,15H2,1H3,(H,25,26)/b8-4+,9-7+. The Hall–Kier alpha value is -3.57. The van der Waals surface area contributed by atoms with E-state index in [1.807, 2.05) is 48.7 Å². The van der Waals surface area contributed by atoms with E-state index in [-0.39, 0.29) is 6.61 Å². The van der Waals surface area contributed by atoms with Crippen molar-refractivity contribution in [2.24, 2.45) is 0 Å². The molecule has 0 aliphatic carbocycles. The fourth-order valence-electron chi connectivity index (χ4n) is 3.05. The number of aromatic nitrogens is 3. The Balaban J connectivity index is 1.49. The average Bonchev–Trinajstić information content (AvgIpc) is 3.39.